The minimum Gasteiger partial charge on any atom is -0.299 e. The third-order valence-corrected chi connectivity index (χ3v) is 4.12. The predicted molar refractivity (Wildman–Crippen MR) is 105 cm³/mol. The van der Waals surface area contributed by atoms with E-state index in [1.165, 1.54) is 11.6 Å². The van der Waals surface area contributed by atoms with Crippen LogP contribution in [0, 0.1) is 0 Å². The zero-order valence-electron chi connectivity index (χ0n) is 15.0. The number of hydrazone groups is 1. The Morgan fingerprint density at radius 2 is 2.11 bits per heavy atom. The molecule has 0 spiro atoms. The van der Waals surface area contributed by atoms with E-state index in [2.05, 4.69) is 20.5 Å². The second-order valence-electron chi connectivity index (χ2n) is 5.87. The Bertz CT molecular complexity index is 1150. The maximum absolute atomic E-state index is 12.6. The van der Waals surface area contributed by atoms with E-state index in [-0.39, 0.29) is 11.2 Å². The van der Waals surface area contributed by atoms with Crippen molar-refractivity contribution in [3.05, 3.63) is 62.0 Å². The molecule has 0 atom stereocenters. The van der Waals surface area contributed by atoms with Crippen LogP contribution in [0.2, 0.25) is 0 Å². The van der Waals surface area contributed by atoms with Crippen LogP contribution in [0.4, 0.5) is 5.95 Å². The summed E-state index contributed by atoms with van der Waals surface area (Å²) in [4.78, 5) is 33.2. The van der Waals surface area contributed by atoms with Gasteiger partial charge in [-0.2, -0.15) is 10.1 Å². The molecule has 0 bridgehead atoms. The predicted octanol–water partition coefficient (Wildman–Crippen LogP) is 1.42. The first-order valence-corrected chi connectivity index (χ1v) is 8.45. The fourth-order valence-corrected chi connectivity index (χ4v) is 2.61. The summed E-state index contributed by atoms with van der Waals surface area (Å²) in [5.74, 6) is 0.317. The summed E-state index contributed by atoms with van der Waals surface area (Å²) in [7, 11) is 2.99. The molecule has 0 saturated carbocycles. The van der Waals surface area contributed by atoms with Gasteiger partial charge in [-0.25, -0.2) is 10.2 Å². The van der Waals surface area contributed by atoms with Gasteiger partial charge in [0.05, 0.1) is 6.21 Å². The quantitative estimate of drug-likeness (QED) is 0.527. The van der Waals surface area contributed by atoms with E-state index in [0.717, 1.165) is 10.1 Å². The van der Waals surface area contributed by atoms with Crippen LogP contribution < -0.4 is 16.7 Å². The molecule has 10 heteroatoms. The molecular weight excluding hydrogens is 370 g/mol. The van der Waals surface area contributed by atoms with Crippen molar-refractivity contribution in [3.63, 3.8) is 0 Å². The summed E-state index contributed by atoms with van der Waals surface area (Å²) in [6, 6.07) is 3.64. The highest BCUT2D eigenvalue weighted by atomic mass is 35.5. The molecule has 1 N–H and O–H groups in total. The zero-order chi connectivity index (χ0) is 19.6. The Morgan fingerprint density at radius 3 is 2.78 bits per heavy atom. The molecule has 27 heavy (non-hydrogen) atoms. The first-order valence-electron chi connectivity index (χ1n) is 8.07. The van der Waals surface area contributed by atoms with Crippen molar-refractivity contribution < 1.29 is 0 Å². The van der Waals surface area contributed by atoms with Crippen LogP contribution >= 0.6 is 11.6 Å². The van der Waals surface area contributed by atoms with Crippen molar-refractivity contribution in [2.75, 3.05) is 5.43 Å². The lowest BCUT2D eigenvalue weighted by molar-refractivity contribution is 0.703. The normalized spacial score (nSPS) is 12.2. The summed E-state index contributed by atoms with van der Waals surface area (Å²) < 4.78 is 3.99. The van der Waals surface area contributed by atoms with Crippen molar-refractivity contribution in [2.45, 2.75) is 13.5 Å². The van der Waals surface area contributed by atoms with Crippen molar-refractivity contribution in [1.82, 2.24) is 23.7 Å². The van der Waals surface area contributed by atoms with E-state index in [4.69, 9.17) is 11.6 Å². The van der Waals surface area contributed by atoms with Gasteiger partial charge < -0.3 is 0 Å². The first-order chi connectivity index (χ1) is 12.9. The van der Waals surface area contributed by atoms with Crippen LogP contribution in [0.3, 0.4) is 0 Å². The van der Waals surface area contributed by atoms with Gasteiger partial charge in [0.2, 0.25) is 5.95 Å². The summed E-state index contributed by atoms with van der Waals surface area (Å²) in [6.07, 6.45) is 6.65. The van der Waals surface area contributed by atoms with Gasteiger partial charge in [-0.05, 0) is 13.0 Å². The van der Waals surface area contributed by atoms with Gasteiger partial charge in [0.1, 0.15) is 0 Å². The average molecular weight is 388 g/mol. The van der Waals surface area contributed by atoms with E-state index < -0.39 is 11.2 Å². The van der Waals surface area contributed by atoms with Gasteiger partial charge in [0.25, 0.3) is 5.56 Å². The SMILES string of the molecule is C/C(Cl)=C\Cn1c(N/N=C\c2cccnc2)nc2c1c(=O)n(C)c(=O)n2C. The van der Waals surface area contributed by atoms with E-state index in [1.54, 1.807) is 49.3 Å². The van der Waals surface area contributed by atoms with E-state index in [0.29, 0.717) is 17.5 Å². The maximum atomic E-state index is 12.6. The van der Waals surface area contributed by atoms with Crippen LogP contribution in [0.1, 0.15) is 12.5 Å². The number of pyridine rings is 1. The fraction of sp³-hybridized carbons (Fsp3) is 0.235. The van der Waals surface area contributed by atoms with Crippen LogP contribution in [0.25, 0.3) is 11.2 Å². The number of allylic oxidation sites excluding steroid dienone is 2. The molecule has 140 valence electrons. The fourth-order valence-electron chi connectivity index (χ4n) is 2.54. The summed E-state index contributed by atoms with van der Waals surface area (Å²) in [6.45, 7) is 2.03. The second-order valence-corrected chi connectivity index (χ2v) is 6.47. The number of hydrogen-bond donors (Lipinski definition) is 1. The van der Waals surface area contributed by atoms with Gasteiger partial charge in [0, 0.05) is 43.6 Å². The number of fused-ring (bicyclic) bond motifs is 1. The zero-order valence-corrected chi connectivity index (χ0v) is 15.8. The molecule has 3 heterocycles. The molecule has 3 rings (SSSR count). The molecule has 0 aliphatic carbocycles. The molecule has 0 radical (unpaired) electrons. The Hall–Kier alpha value is -3.20. The summed E-state index contributed by atoms with van der Waals surface area (Å²) in [5, 5.41) is 4.72. The molecule has 3 aromatic rings. The number of rotatable bonds is 5. The molecule has 0 unspecified atom stereocenters. The lowest BCUT2D eigenvalue weighted by Crippen LogP contribution is -2.37. The minimum absolute atomic E-state index is 0.266. The second kappa shape index (κ2) is 7.58. The van der Waals surface area contributed by atoms with Gasteiger partial charge in [0.15, 0.2) is 11.2 Å². The lowest BCUT2D eigenvalue weighted by atomic mass is 10.3. The van der Waals surface area contributed by atoms with Crippen molar-refractivity contribution in [1.29, 1.82) is 0 Å². The van der Waals surface area contributed by atoms with Gasteiger partial charge in [-0.15, -0.1) is 0 Å². The van der Waals surface area contributed by atoms with Gasteiger partial charge in [-0.3, -0.25) is 23.5 Å². The number of anilines is 1. The number of nitrogens with zero attached hydrogens (tertiary/aromatic N) is 6. The minimum atomic E-state index is -0.452. The van der Waals surface area contributed by atoms with E-state index in [9.17, 15) is 9.59 Å². The Morgan fingerprint density at radius 1 is 1.33 bits per heavy atom. The average Bonchev–Trinajstić information content (AvgIpc) is 3.02. The van der Waals surface area contributed by atoms with Gasteiger partial charge in [-0.1, -0.05) is 23.7 Å². The number of imidazole rings is 1. The number of nitrogens with one attached hydrogen (secondary N) is 1. The van der Waals surface area contributed by atoms with Crippen LogP contribution in [0.5, 0.6) is 0 Å². The molecule has 3 aromatic heterocycles. The molecular formula is C17H18ClN7O2. The highest BCUT2D eigenvalue weighted by Crippen LogP contribution is 2.16. The third-order valence-electron chi connectivity index (χ3n) is 3.97. The van der Waals surface area contributed by atoms with Crippen LogP contribution in [-0.2, 0) is 20.6 Å². The first kappa shape index (κ1) is 18.6. The third kappa shape index (κ3) is 3.68. The lowest BCUT2D eigenvalue weighted by Gasteiger charge is -2.06. The van der Waals surface area contributed by atoms with Gasteiger partial charge >= 0.3 is 5.69 Å². The van der Waals surface area contributed by atoms with Crippen molar-refractivity contribution in [2.24, 2.45) is 19.2 Å². The maximum Gasteiger partial charge on any atom is 0.332 e. The highest BCUT2D eigenvalue weighted by Gasteiger charge is 2.18. The number of halogens is 1. The molecule has 9 nitrogen and oxygen atoms in total. The highest BCUT2D eigenvalue weighted by molar-refractivity contribution is 6.29. The van der Waals surface area contributed by atoms with Crippen LogP contribution in [-0.4, -0.2) is 29.9 Å². The molecule has 0 aromatic carbocycles. The summed E-state index contributed by atoms with van der Waals surface area (Å²) in [5.41, 5.74) is 3.28. The Balaban J connectivity index is 2.12. The molecule has 0 aliphatic heterocycles. The summed E-state index contributed by atoms with van der Waals surface area (Å²) >= 11 is 5.94. The number of aromatic nitrogens is 5. The number of aryl methyl sites for hydroxylation is 1. The Labute approximate surface area is 159 Å². The van der Waals surface area contributed by atoms with Crippen molar-refractivity contribution >= 4 is 34.9 Å². The van der Waals surface area contributed by atoms with Crippen molar-refractivity contribution in [3.8, 4) is 0 Å². The topological polar surface area (TPSA) is 99.1 Å². The molecule has 0 amide bonds. The smallest absolute Gasteiger partial charge is 0.299 e. The monoisotopic (exact) mass is 387 g/mol. The molecule has 0 aliphatic rings. The molecule has 0 saturated heterocycles. The van der Waals surface area contributed by atoms with Crippen LogP contribution in [0.15, 0.2) is 50.3 Å². The van der Waals surface area contributed by atoms with E-state index >= 15 is 0 Å². The molecule has 0 fully saturated rings. The van der Waals surface area contributed by atoms with E-state index in [1.807, 2.05) is 6.07 Å². The largest absolute Gasteiger partial charge is 0.332 e. The number of hydrogen-bond acceptors (Lipinski definition) is 6. The Kier molecular flexibility index (Phi) is 5.22. The standard InChI is InChI=1S/C17H18ClN7O2/c1-11(18)6-8-25-13-14(23(2)17(27)24(3)15(13)26)21-16(25)22-20-10-12-5-4-7-19-9-12/h4-7,9-10H,8H2,1-3H3,(H,21,22)/b11-6+,20-10-.